The fourth-order valence-corrected chi connectivity index (χ4v) is 13.2. The molecule has 6 unspecified atom stereocenters. The quantitative estimate of drug-likeness (QED) is 0.428. The van der Waals surface area contributed by atoms with Gasteiger partial charge in [-0.3, -0.25) is 19.9 Å². The van der Waals surface area contributed by atoms with Gasteiger partial charge < -0.3 is 43.0 Å². The van der Waals surface area contributed by atoms with Crippen LogP contribution in [0.5, 0.6) is 23.0 Å². The number of ether oxygens (including phenoxy) is 8. The third kappa shape index (κ3) is 5.26. The lowest BCUT2D eigenvalue weighted by atomic mass is 9.62. The number of hydrogen-bond donors (Lipinski definition) is 2. The minimum absolute atomic E-state index is 0.0413. The number of benzene rings is 2. The molecule has 4 bridgehead atoms. The number of aliphatic hydroxyl groups is 1. The number of rotatable bonds is 5. The van der Waals surface area contributed by atoms with Gasteiger partial charge >= 0.3 is 11.9 Å². The number of carbonyl (C=O) groups excluding carboxylic acids is 2. The van der Waals surface area contributed by atoms with Crippen molar-refractivity contribution in [3.8, 4) is 23.0 Å². The van der Waals surface area contributed by atoms with Gasteiger partial charge in [-0.15, -0.1) is 0 Å². The van der Waals surface area contributed by atoms with Crippen molar-refractivity contribution >= 4 is 23.7 Å². The highest BCUT2D eigenvalue weighted by Crippen LogP contribution is 2.60. The van der Waals surface area contributed by atoms with E-state index in [1.807, 2.05) is 26.0 Å². The summed E-state index contributed by atoms with van der Waals surface area (Å²) in [6, 6.07) is 4.52. The molecule has 14 nitrogen and oxygen atoms in total. The standard InChI is InChI=1S/C41H51N3O11S/c1-18-11-22-12-24-39(46)44-25-15-52-40(47)41(23-14-27(49-6)26(48-5)13-21(23)9-10-42-41)16-56-38(32(44)31(43(24)4)28(22)36(51-8)33(18)50-7)30-29(25)37-35(53-17-54-37)19(2)34(30)55-20(3)45/h11,13-14,24-25,29-32,34,37-39,42,46H,9-10,12,15-17H2,1-8H3/t24-,25?,29?,30?,31+,32?,34?,37?,38+,39-,41+/m0/s1. The molecular weight excluding hydrogens is 743 g/mol. The SMILES string of the molecule is COc1cc2c(cc1OC)[C@@]1(CS[C@@H]3C4C(OC(C)=O)C(C)=C5OCOC5C4C(COC1=O)N1C3[C@H]3c4c(cc(C)c(OC)c4OC)C[C@@H]([C@@H]1O)N3C)NCC2. The number of aliphatic hydroxyl groups excluding tert-OH is 1. The Kier molecular flexibility index (Phi) is 9.44. The highest BCUT2D eigenvalue weighted by Gasteiger charge is 2.67. The maximum Gasteiger partial charge on any atom is 0.331 e. The maximum absolute atomic E-state index is 14.9. The Bertz CT molecular complexity index is 1990. The van der Waals surface area contributed by atoms with Gasteiger partial charge in [-0.2, -0.15) is 11.8 Å². The Morgan fingerprint density at radius 2 is 1.73 bits per heavy atom. The number of methoxy groups -OCH3 is 4. The summed E-state index contributed by atoms with van der Waals surface area (Å²) in [6.07, 6.45) is -0.827. The molecule has 0 saturated carbocycles. The molecule has 1 spiro atoms. The molecule has 0 radical (unpaired) electrons. The second-order valence-corrected chi connectivity index (χ2v) is 17.2. The van der Waals surface area contributed by atoms with Gasteiger partial charge in [0.1, 0.15) is 30.8 Å². The van der Waals surface area contributed by atoms with Crippen LogP contribution in [0.1, 0.15) is 47.7 Å². The molecule has 2 N–H and O–H groups in total. The van der Waals surface area contributed by atoms with Crippen molar-refractivity contribution < 1.29 is 52.6 Å². The number of nitrogens with one attached hydrogen (secondary N) is 1. The summed E-state index contributed by atoms with van der Waals surface area (Å²) < 4.78 is 49.1. The highest BCUT2D eigenvalue weighted by molar-refractivity contribution is 8.00. The minimum atomic E-state index is -1.24. The number of carbonyl (C=O) groups is 2. The summed E-state index contributed by atoms with van der Waals surface area (Å²) in [7, 11) is 8.59. The van der Waals surface area contributed by atoms with E-state index in [1.165, 1.54) is 6.92 Å². The molecule has 0 amide bonds. The van der Waals surface area contributed by atoms with Crippen LogP contribution < -0.4 is 24.3 Å². The van der Waals surface area contributed by atoms with Crippen LogP contribution in [0.4, 0.5) is 0 Å². The molecule has 302 valence electrons. The molecule has 7 aliphatic heterocycles. The van der Waals surface area contributed by atoms with Crippen molar-refractivity contribution in [1.29, 1.82) is 0 Å². The lowest BCUT2D eigenvalue weighted by Gasteiger charge is -2.66. The number of fused-ring (bicyclic) bond motifs is 9. The minimum Gasteiger partial charge on any atom is -0.493 e. The normalized spacial score (nSPS) is 35.9. The molecule has 7 heterocycles. The van der Waals surface area contributed by atoms with E-state index >= 15 is 0 Å². The van der Waals surface area contributed by atoms with Gasteiger partial charge in [0.25, 0.3) is 0 Å². The van der Waals surface area contributed by atoms with E-state index < -0.39 is 42.0 Å². The molecule has 5 saturated heterocycles. The largest absolute Gasteiger partial charge is 0.493 e. The van der Waals surface area contributed by atoms with Crippen LogP contribution in [0.2, 0.25) is 0 Å². The maximum atomic E-state index is 14.9. The molecule has 2 aromatic carbocycles. The predicted octanol–water partition coefficient (Wildman–Crippen LogP) is 2.84. The first-order valence-electron chi connectivity index (χ1n) is 19.3. The van der Waals surface area contributed by atoms with Crippen molar-refractivity contribution in [3.63, 3.8) is 0 Å². The van der Waals surface area contributed by atoms with Crippen LogP contribution in [-0.2, 0) is 46.9 Å². The average molecular weight is 794 g/mol. The number of likely N-dealkylation sites (N-methyl/N-ethyl adjacent to an activating group) is 1. The van der Waals surface area contributed by atoms with Gasteiger partial charge in [0, 0.05) is 53.5 Å². The van der Waals surface area contributed by atoms with Gasteiger partial charge in [0.05, 0.1) is 46.6 Å². The third-order valence-corrected chi connectivity index (χ3v) is 15.2. The highest BCUT2D eigenvalue weighted by atomic mass is 32.2. The van der Waals surface area contributed by atoms with E-state index in [2.05, 4.69) is 28.2 Å². The molecular formula is C41H51N3O11S. The summed E-state index contributed by atoms with van der Waals surface area (Å²) in [5, 5.41) is 16.0. The molecule has 11 atom stereocenters. The van der Waals surface area contributed by atoms with Gasteiger partial charge in [-0.05, 0) is 68.1 Å². The molecule has 15 heteroatoms. The smallest absolute Gasteiger partial charge is 0.331 e. The molecule has 10 rings (SSSR count). The van der Waals surface area contributed by atoms with Crippen LogP contribution in [0.3, 0.4) is 0 Å². The van der Waals surface area contributed by atoms with E-state index in [1.54, 1.807) is 40.2 Å². The van der Waals surface area contributed by atoms with Crippen LogP contribution >= 0.6 is 11.8 Å². The van der Waals surface area contributed by atoms with E-state index in [0.717, 1.165) is 33.4 Å². The summed E-state index contributed by atoms with van der Waals surface area (Å²) >= 11 is 1.64. The van der Waals surface area contributed by atoms with Gasteiger partial charge in [0.2, 0.25) is 0 Å². The van der Waals surface area contributed by atoms with Crippen LogP contribution in [-0.4, -0.2) is 130 Å². The predicted molar refractivity (Wildman–Crippen MR) is 204 cm³/mol. The number of aryl methyl sites for hydroxylation is 1. The second-order valence-electron chi connectivity index (χ2n) is 16.0. The topological polar surface area (TPSA) is 147 Å². The lowest BCUT2D eigenvalue weighted by molar-refractivity contribution is -0.224. The van der Waals surface area contributed by atoms with E-state index in [0.29, 0.717) is 48.1 Å². The number of thioether (sulfide) groups is 1. The fourth-order valence-electron chi connectivity index (χ4n) is 11.3. The Labute approximate surface area is 331 Å². The first-order chi connectivity index (χ1) is 27.0. The summed E-state index contributed by atoms with van der Waals surface area (Å²) in [6.45, 7) is 5.96. The first-order valence-corrected chi connectivity index (χ1v) is 20.4. The number of nitrogens with zero attached hydrogens (tertiary/aromatic N) is 2. The monoisotopic (exact) mass is 793 g/mol. The Hall–Kier alpha value is -3.73. The van der Waals surface area contributed by atoms with E-state index in [4.69, 9.17) is 37.9 Å². The molecule has 2 aromatic rings. The average Bonchev–Trinajstić information content (AvgIpc) is 3.68. The molecule has 8 aliphatic rings. The number of piperazine rings is 1. The summed E-state index contributed by atoms with van der Waals surface area (Å²) in [5.41, 5.74) is 4.38. The van der Waals surface area contributed by atoms with Gasteiger partial charge in [-0.1, -0.05) is 6.07 Å². The number of hydrogen-bond acceptors (Lipinski definition) is 15. The summed E-state index contributed by atoms with van der Waals surface area (Å²) in [4.78, 5) is 32.4. The van der Waals surface area contributed by atoms with Crippen LogP contribution in [0.25, 0.3) is 0 Å². The number of piperidine rings is 1. The molecule has 0 aromatic heterocycles. The van der Waals surface area contributed by atoms with Crippen molar-refractivity contribution in [3.05, 3.63) is 57.3 Å². The molecule has 5 fully saturated rings. The second kappa shape index (κ2) is 14.0. The van der Waals surface area contributed by atoms with Crippen molar-refractivity contribution in [2.45, 2.75) is 87.0 Å². The van der Waals surface area contributed by atoms with Gasteiger partial charge in [-0.25, -0.2) is 4.79 Å². The fraction of sp³-hybridized carbons (Fsp3) is 0.610. The van der Waals surface area contributed by atoms with Crippen molar-refractivity contribution in [1.82, 2.24) is 15.1 Å². The van der Waals surface area contributed by atoms with Crippen LogP contribution in [0, 0.1) is 18.8 Å². The van der Waals surface area contributed by atoms with Crippen LogP contribution in [0.15, 0.2) is 29.5 Å². The third-order valence-electron chi connectivity index (χ3n) is 13.6. The zero-order chi connectivity index (χ0) is 39.4. The zero-order valence-electron chi connectivity index (χ0n) is 33.1. The zero-order valence-corrected chi connectivity index (χ0v) is 33.9. The Morgan fingerprint density at radius 3 is 2.45 bits per heavy atom. The molecule has 56 heavy (non-hydrogen) atoms. The molecule has 1 aliphatic carbocycles. The summed E-state index contributed by atoms with van der Waals surface area (Å²) in [5.74, 6) is 1.87. The van der Waals surface area contributed by atoms with E-state index in [-0.39, 0.29) is 54.4 Å². The number of esters is 2. The van der Waals surface area contributed by atoms with Crippen molar-refractivity contribution in [2.75, 3.05) is 61.2 Å². The lowest BCUT2D eigenvalue weighted by Crippen LogP contribution is -2.78. The first kappa shape index (κ1) is 37.8. The van der Waals surface area contributed by atoms with Gasteiger partial charge in [0.15, 0.2) is 35.3 Å². The van der Waals surface area contributed by atoms with Crippen molar-refractivity contribution in [2.24, 2.45) is 11.8 Å². The van der Waals surface area contributed by atoms with E-state index in [9.17, 15) is 14.7 Å². The Balaban J connectivity index is 1.28. The Morgan fingerprint density at radius 1 is 0.982 bits per heavy atom.